The smallest absolute Gasteiger partial charge is 0.258 e. The molecule has 1 aromatic heterocycles. The third-order valence-electron chi connectivity index (χ3n) is 5.92. The maximum atomic E-state index is 13.6. The second kappa shape index (κ2) is 8.44. The number of aromatic nitrogens is 1. The molecular weight excluding hydrogens is 456 g/mol. The van der Waals surface area contributed by atoms with E-state index in [4.69, 9.17) is 21.1 Å². The van der Waals surface area contributed by atoms with Crippen LogP contribution in [0.25, 0.3) is 0 Å². The number of carbonyl (C=O) groups excluding carboxylic acids is 2. The molecule has 2 N–H and O–H groups in total. The molecule has 3 aliphatic carbocycles. The van der Waals surface area contributed by atoms with E-state index in [-0.39, 0.29) is 34.9 Å². The Hall–Kier alpha value is -2.94. The standard InChI is InChI=1S/C23H24ClF2N3O4/c1-21(2,26)33-15-4-6-18(27-10-15)28-20(31)22-7-8-23(12-22,13-22)29-19(30)11-32-14-3-5-16(24)17(25)9-14/h3-6,9-10H,7-8,11-13H2,1-2H3,(H,29,30)(H,27,28,31). The van der Waals surface area contributed by atoms with E-state index in [2.05, 4.69) is 15.6 Å². The first-order valence-electron chi connectivity index (χ1n) is 10.5. The molecule has 0 aliphatic heterocycles. The first-order valence-corrected chi connectivity index (χ1v) is 10.9. The Labute approximate surface area is 194 Å². The summed E-state index contributed by atoms with van der Waals surface area (Å²) in [6, 6.07) is 7.04. The molecule has 7 nitrogen and oxygen atoms in total. The van der Waals surface area contributed by atoms with Gasteiger partial charge in [-0.3, -0.25) is 9.59 Å². The second-order valence-electron chi connectivity index (χ2n) is 9.13. The molecule has 10 heteroatoms. The number of ether oxygens (including phenoxy) is 2. The number of halogens is 3. The summed E-state index contributed by atoms with van der Waals surface area (Å²) in [7, 11) is 0. The van der Waals surface area contributed by atoms with Gasteiger partial charge in [0.15, 0.2) is 6.61 Å². The van der Waals surface area contributed by atoms with Crippen LogP contribution in [0.5, 0.6) is 11.5 Å². The molecule has 2 bridgehead atoms. The van der Waals surface area contributed by atoms with E-state index in [9.17, 15) is 18.4 Å². The minimum Gasteiger partial charge on any atom is -0.484 e. The van der Waals surface area contributed by atoms with Crippen LogP contribution in [0.2, 0.25) is 5.02 Å². The lowest BCUT2D eigenvalue weighted by Gasteiger charge is -2.46. The maximum Gasteiger partial charge on any atom is 0.258 e. The molecule has 176 valence electrons. The van der Waals surface area contributed by atoms with Gasteiger partial charge in [-0.05, 0) is 49.9 Å². The van der Waals surface area contributed by atoms with Crippen LogP contribution >= 0.6 is 11.6 Å². The minimum absolute atomic E-state index is 0.0242. The highest BCUT2D eigenvalue weighted by molar-refractivity contribution is 6.30. The topological polar surface area (TPSA) is 89.6 Å². The van der Waals surface area contributed by atoms with E-state index in [0.29, 0.717) is 31.5 Å². The first kappa shape index (κ1) is 23.2. The van der Waals surface area contributed by atoms with Crippen molar-refractivity contribution in [2.24, 2.45) is 5.41 Å². The number of carbonyl (C=O) groups is 2. The first-order chi connectivity index (χ1) is 15.5. The Morgan fingerprint density at radius 2 is 1.91 bits per heavy atom. The van der Waals surface area contributed by atoms with Gasteiger partial charge in [-0.25, -0.2) is 9.37 Å². The zero-order valence-corrected chi connectivity index (χ0v) is 19.0. The molecule has 0 spiro atoms. The lowest BCUT2D eigenvalue weighted by atomic mass is 9.64. The maximum absolute atomic E-state index is 13.6. The van der Waals surface area contributed by atoms with Gasteiger partial charge in [0.1, 0.15) is 23.1 Å². The summed E-state index contributed by atoms with van der Waals surface area (Å²) in [6.07, 6.45) is 3.70. The molecule has 0 unspecified atom stereocenters. The average Bonchev–Trinajstić information content (AvgIpc) is 3.26. The van der Waals surface area contributed by atoms with Gasteiger partial charge >= 0.3 is 0 Å². The van der Waals surface area contributed by atoms with Crippen LogP contribution in [0.4, 0.5) is 14.6 Å². The molecule has 3 aliphatic rings. The lowest BCUT2D eigenvalue weighted by Crippen LogP contribution is -2.59. The van der Waals surface area contributed by atoms with Crippen LogP contribution in [0.15, 0.2) is 36.5 Å². The van der Waals surface area contributed by atoms with Gasteiger partial charge in [0.25, 0.3) is 5.91 Å². The third kappa shape index (κ3) is 5.19. The molecule has 0 saturated heterocycles. The Morgan fingerprint density at radius 1 is 1.18 bits per heavy atom. The van der Waals surface area contributed by atoms with E-state index in [0.717, 1.165) is 6.07 Å². The zero-order chi connectivity index (χ0) is 23.9. The number of rotatable bonds is 8. The number of hydrogen-bond acceptors (Lipinski definition) is 5. The van der Waals surface area contributed by atoms with Gasteiger partial charge in [0.2, 0.25) is 11.8 Å². The molecule has 0 radical (unpaired) electrons. The molecule has 2 amide bonds. The van der Waals surface area contributed by atoms with Crippen molar-refractivity contribution in [1.29, 1.82) is 0 Å². The van der Waals surface area contributed by atoms with Gasteiger partial charge in [0.05, 0.1) is 16.6 Å². The van der Waals surface area contributed by atoms with Crippen molar-refractivity contribution < 1.29 is 27.8 Å². The van der Waals surface area contributed by atoms with Crippen LogP contribution < -0.4 is 20.1 Å². The van der Waals surface area contributed by atoms with E-state index in [1.807, 2.05) is 0 Å². The number of benzene rings is 1. The molecule has 5 rings (SSSR count). The number of nitrogens with zero attached hydrogens (tertiary/aromatic N) is 1. The highest BCUT2D eigenvalue weighted by Gasteiger charge is 2.65. The van der Waals surface area contributed by atoms with E-state index >= 15 is 0 Å². The predicted molar refractivity (Wildman–Crippen MR) is 117 cm³/mol. The highest BCUT2D eigenvalue weighted by Crippen LogP contribution is 2.61. The van der Waals surface area contributed by atoms with Crippen molar-refractivity contribution in [3.05, 3.63) is 47.4 Å². The number of amides is 2. The van der Waals surface area contributed by atoms with Crippen molar-refractivity contribution in [2.45, 2.75) is 50.9 Å². The van der Waals surface area contributed by atoms with E-state index in [1.165, 1.54) is 38.2 Å². The summed E-state index contributed by atoms with van der Waals surface area (Å²) in [6.45, 7) is 2.30. The second-order valence-corrected chi connectivity index (χ2v) is 9.53. The van der Waals surface area contributed by atoms with E-state index < -0.39 is 22.6 Å². The lowest BCUT2D eigenvalue weighted by molar-refractivity contribution is -0.134. The average molecular weight is 480 g/mol. The van der Waals surface area contributed by atoms with Gasteiger partial charge in [-0.2, -0.15) is 4.39 Å². The SMILES string of the molecule is CC(C)(F)Oc1ccc(NC(=O)C23CCC(NC(=O)COc4ccc(Cl)c(F)c4)(C2)C3)nc1. The number of nitrogens with one attached hydrogen (secondary N) is 2. The minimum atomic E-state index is -1.83. The normalized spacial score (nSPS) is 23.4. The van der Waals surface area contributed by atoms with Gasteiger partial charge < -0.3 is 20.1 Å². The van der Waals surface area contributed by atoms with Crippen molar-refractivity contribution in [3.63, 3.8) is 0 Å². The van der Waals surface area contributed by atoms with Crippen molar-refractivity contribution in [3.8, 4) is 11.5 Å². The largest absolute Gasteiger partial charge is 0.484 e. The number of anilines is 1. The van der Waals surface area contributed by atoms with Crippen LogP contribution in [0, 0.1) is 11.2 Å². The number of fused-ring (bicyclic) bond motifs is 1. The Balaban J connectivity index is 1.27. The molecular formula is C23H24ClF2N3O4. The Morgan fingerprint density at radius 3 is 2.55 bits per heavy atom. The Kier molecular flexibility index (Phi) is 5.94. The summed E-state index contributed by atoms with van der Waals surface area (Å²) in [5, 5.41) is 5.73. The summed E-state index contributed by atoms with van der Waals surface area (Å²) < 4.78 is 37.5. The van der Waals surface area contributed by atoms with E-state index in [1.54, 1.807) is 6.07 Å². The van der Waals surface area contributed by atoms with Crippen LogP contribution in [0.3, 0.4) is 0 Å². The predicted octanol–water partition coefficient (Wildman–Crippen LogP) is 4.41. The molecule has 3 fully saturated rings. The molecule has 33 heavy (non-hydrogen) atoms. The molecule has 1 aromatic carbocycles. The highest BCUT2D eigenvalue weighted by atomic mass is 35.5. The van der Waals surface area contributed by atoms with Crippen LogP contribution in [0.1, 0.15) is 39.5 Å². The van der Waals surface area contributed by atoms with Crippen molar-refractivity contribution in [1.82, 2.24) is 10.3 Å². The van der Waals surface area contributed by atoms with Gasteiger partial charge in [-0.1, -0.05) is 11.6 Å². The fourth-order valence-corrected chi connectivity index (χ4v) is 4.71. The summed E-state index contributed by atoms with van der Waals surface area (Å²) in [4.78, 5) is 29.3. The fourth-order valence-electron chi connectivity index (χ4n) is 4.59. The van der Waals surface area contributed by atoms with Crippen LogP contribution in [-0.4, -0.2) is 34.8 Å². The molecule has 0 atom stereocenters. The summed E-state index contributed by atoms with van der Waals surface area (Å²) in [5.74, 6) is -2.15. The fraction of sp³-hybridized carbons (Fsp3) is 0.435. The third-order valence-corrected chi connectivity index (χ3v) is 6.23. The quantitative estimate of drug-likeness (QED) is 0.585. The molecule has 3 saturated carbocycles. The number of alkyl halides is 1. The van der Waals surface area contributed by atoms with Crippen molar-refractivity contribution >= 4 is 29.2 Å². The summed E-state index contributed by atoms with van der Waals surface area (Å²) in [5.41, 5.74) is -1.01. The van der Waals surface area contributed by atoms with Crippen LogP contribution in [-0.2, 0) is 9.59 Å². The molecule has 2 aromatic rings. The zero-order valence-electron chi connectivity index (χ0n) is 18.2. The molecule has 1 heterocycles. The van der Waals surface area contributed by atoms with Crippen molar-refractivity contribution in [2.75, 3.05) is 11.9 Å². The van der Waals surface area contributed by atoms with Gasteiger partial charge in [0, 0.05) is 25.5 Å². The summed E-state index contributed by atoms with van der Waals surface area (Å²) >= 11 is 5.63. The van der Waals surface area contributed by atoms with Gasteiger partial charge in [-0.15, -0.1) is 0 Å². The Bertz CT molecular complexity index is 1070. The number of hydrogen-bond donors (Lipinski definition) is 2. The monoisotopic (exact) mass is 479 g/mol. The number of pyridine rings is 1.